The summed E-state index contributed by atoms with van der Waals surface area (Å²) in [5, 5.41) is 10.8. The Hall–Kier alpha value is -2.77. The number of aromatic nitrogens is 2. The summed E-state index contributed by atoms with van der Waals surface area (Å²) in [5.41, 5.74) is 2.50. The lowest BCUT2D eigenvalue weighted by atomic mass is 10.0. The van der Waals surface area contributed by atoms with Gasteiger partial charge in [-0.05, 0) is 18.4 Å². The number of fused-ring (bicyclic) bond motifs is 1. The Morgan fingerprint density at radius 3 is 2.74 bits per heavy atom. The summed E-state index contributed by atoms with van der Waals surface area (Å²) >= 11 is 0. The molecule has 3 aromatic rings. The first-order valence-electron chi connectivity index (χ1n) is 7.23. The topological polar surface area (TPSA) is 46.0 Å². The first-order chi connectivity index (χ1) is 11.1. The van der Waals surface area contributed by atoms with E-state index in [9.17, 15) is 9.50 Å². The smallest absolute Gasteiger partial charge is 0.140 e. The van der Waals surface area contributed by atoms with Gasteiger partial charge in [-0.1, -0.05) is 35.7 Å². The Morgan fingerprint density at radius 2 is 2.04 bits per heavy atom. The molecule has 3 rings (SSSR count). The average molecular weight is 306 g/mol. The number of benzene rings is 2. The van der Waals surface area contributed by atoms with Gasteiger partial charge in [-0.15, -0.1) is 6.42 Å². The first-order valence-corrected chi connectivity index (χ1v) is 7.23. The predicted molar refractivity (Wildman–Crippen MR) is 88.2 cm³/mol. The normalized spacial score (nSPS) is 12.1. The summed E-state index contributed by atoms with van der Waals surface area (Å²) in [6, 6.07) is 9.17. The van der Waals surface area contributed by atoms with Crippen molar-refractivity contribution in [1.82, 2.24) is 9.97 Å². The van der Waals surface area contributed by atoms with Crippen LogP contribution < -0.4 is 0 Å². The number of rotatable bonds is 3. The highest BCUT2D eigenvalue weighted by atomic mass is 19.1. The standard InChI is InChI=1S/C19H15FN2O/c1-3-15(23)9-14-10-22-18(11-21-14)17-7-5-13-8-12(2)4-6-16(13)19(17)20/h1,4-8,10-11,15,23H,9H2,2H3. The number of terminal acetylenes is 1. The lowest BCUT2D eigenvalue weighted by Gasteiger charge is -2.08. The molecule has 0 amide bonds. The number of aryl methyl sites for hydroxylation is 1. The van der Waals surface area contributed by atoms with Crippen molar-refractivity contribution in [3.63, 3.8) is 0 Å². The molecule has 0 saturated carbocycles. The summed E-state index contributed by atoms with van der Waals surface area (Å²) in [6.45, 7) is 1.97. The van der Waals surface area contributed by atoms with Gasteiger partial charge in [0.25, 0.3) is 0 Å². The van der Waals surface area contributed by atoms with E-state index in [4.69, 9.17) is 6.42 Å². The second-order valence-electron chi connectivity index (χ2n) is 5.43. The third-order valence-electron chi connectivity index (χ3n) is 3.69. The molecule has 0 bridgehead atoms. The molecule has 114 valence electrons. The van der Waals surface area contributed by atoms with E-state index in [1.54, 1.807) is 12.1 Å². The van der Waals surface area contributed by atoms with Gasteiger partial charge in [-0.2, -0.15) is 0 Å². The van der Waals surface area contributed by atoms with Gasteiger partial charge in [-0.25, -0.2) is 4.39 Å². The molecule has 1 N–H and O–H groups in total. The molecule has 2 aromatic carbocycles. The molecule has 0 spiro atoms. The van der Waals surface area contributed by atoms with E-state index < -0.39 is 6.10 Å². The van der Waals surface area contributed by atoms with Crippen molar-refractivity contribution in [2.75, 3.05) is 0 Å². The molecule has 1 aromatic heterocycles. The molecule has 1 atom stereocenters. The Bertz CT molecular complexity index is 898. The molecule has 0 aliphatic carbocycles. The van der Waals surface area contributed by atoms with Gasteiger partial charge in [0.05, 0.1) is 17.6 Å². The zero-order chi connectivity index (χ0) is 16.4. The van der Waals surface area contributed by atoms with E-state index in [0.717, 1.165) is 10.9 Å². The van der Waals surface area contributed by atoms with Crippen LogP contribution in [0.1, 0.15) is 11.3 Å². The van der Waals surface area contributed by atoms with Crippen LogP contribution in [0, 0.1) is 25.1 Å². The molecule has 0 fully saturated rings. The summed E-state index contributed by atoms with van der Waals surface area (Å²) in [4.78, 5) is 8.43. The summed E-state index contributed by atoms with van der Waals surface area (Å²) < 4.78 is 14.7. The molecule has 1 heterocycles. The number of aliphatic hydroxyl groups excluding tert-OH is 1. The highest BCUT2D eigenvalue weighted by molar-refractivity contribution is 5.88. The second-order valence-corrected chi connectivity index (χ2v) is 5.43. The summed E-state index contributed by atoms with van der Waals surface area (Å²) in [6.07, 6.45) is 7.46. The van der Waals surface area contributed by atoms with Gasteiger partial charge >= 0.3 is 0 Å². The zero-order valence-corrected chi connectivity index (χ0v) is 12.6. The molecule has 0 radical (unpaired) electrons. The first kappa shape index (κ1) is 15.1. The largest absolute Gasteiger partial charge is 0.380 e. The highest BCUT2D eigenvalue weighted by Crippen LogP contribution is 2.28. The molecule has 4 heteroatoms. The molecule has 1 unspecified atom stereocenters. The fourth-order valence-electron chi connectivity index (χ4n) is 2.47. The van der Waals surface area contributed by atoms with Gasteiger partial charge in [0, 0.05) is 23.6 Å². The highest BCUT2D eigenvalue weighted by Gasteiger charge is 2.11. The van der Waals surface area contributed by atoms with Crippen molar-refractivity contribution in [2.45, 2.75) is 19.4 Å². The molecular formula is C19H15FN2O. The molecule has 0 aliphatic heterocycles. The van der Waals surface area contributed by atoms with Crippen molar-refractivity contribution in [2.24, 2.45) is 0 Å². The number of halogens is 1. The van der Waals surface area contributed by atoms with Crippen LogP contribution >= 0.6 is 0 Å². The van der Waals surface area contributed by atoms with E-state index in [-0.39, 0.29) is 12.2 Å². The fourth-order valence-corrected chi connectivity index (χ4v) is 2.47. The van der Waals surface area contributed by atoms with Gasteiger partial charge < -0.3 is 5.11 Å². The Morgan fingerprint density at radius 1 is 1.22 bits per heavy atom. The molecule has 3 nitrogen and oxygen atoms in total. The predicted octanol–water partition coefficient (Wildman–Crippen LogP) is 3.28. The fraction of sp³-hybridized carbons (Fsp3) is 0.158. The van der Waals surface area contributed by atoms with Crippen LogP contribution in [-0.4, -0.2) is 21.2 Å². The number of nitrogens with zero attached hydrogens (tertiary/aromatic N) is 2. The quantitative estimate of drug-likeness (QED) is 0.755. The maximum absolute atomic E-state index is 14.7. The van der Waals surface area contributed by atoms with Crippen molar-refractivity contribution >= 4 is 10.8 Å². The maximum atomic E-state index is 14.7. The number of hydrogen-bond donors (Lipinski definition) is 1. The summed E-state index contributed by atoms with van der Waals surface area (Å²) in [5.74, 6) is 1.91. The third-order valence-corrected chi connectivity index (χ3v) is 3.69. The zero-order valence-electron chi connectivity index (χ0n) is 12.6. The van der Waals surface area contributed by atoms with Crippen LogP contribution in [0.5, 0.6) is 0 Å². The Labute approximate surface area is 133 Å². The van der Waals surface area contributed by atoms with Crippen molar-refractivity contribution in [3.05, 3.63) is 59.8 Å². The second kappa shape index (κ2) is 6.15. The lowest BCUT2D eigenvalue weighted by Crippen LogP contribution is -2.08. The molecular weight excluding hydrogens is 291 g/mol. The average Bonchev–Trinajstić information content (AvgIpc) is 2.56. The Kier molecular flexibility index (Phi) is 4.05. The van der Waals surface area contributed by atoms with E-state index in [0.29, 0.717) is 22.3 Å². The molecule has 0 aliphatic rings. The van der Waals surface area contributed by atoms with Gasteiger partial charge in [0.2, 0.25) is 0 Å². The molecule has 0 saturated heterocycles. The number of aliphatic hydroxyl groups is 1. The minimum atomic E-state index is -0.893. The van der Waals surface area contributed by atoms with Crippen LogP contribution in [0.15, 0.2) is 42.7 Å². The third kappa shape index (κ3) is 3.05. The maximum Gasteiger partial charge on any atom is 0.140 e. The van der Waals surface area contributed by atoms with Gasteiger partial charge in [0.15, 0.2) is 0 Å². The van der Waals surface area contributed by atoms with Crippen LogP contribution in [0.4, 0.5) is 4.39 Å². The Balaban J connectivity index is 1.99. The minimum Gasteiger partial charge on any atom is -0.380 e. The lowest BCUT2D eigenvalue weighted by molar-refractivity contribution is 0.232. The number of hydrogen-bond acceptors (Lipinski definition) is 3. The minimum absolute atomic E-state index is 0.225. The van der Waals surface area contributed by atoms with Gasteiger partial charge in [-0.3, -0.25) is 9.97 Å². The van der Waals surface area contributed by atoms with Crippen molar-refractivity contribution < 1.29 is 9.50 Å². The van der Waals surface area contributed by atoms with Crippen LogP contribution in [-0.2, 0) is 6.42 Å². The van der Waals surface area contributed by atoms with Crippen LogP contribution in [0.3, 0.4) is 0 Å². The van der Waals surface area contributed by atoms with Crippen molar-refractivity contribution in [1.29, 1.82) is 0 Å². The van der Waals surface area contributed by atoms with E-state index >= 15 is 0 Å². The van der Waals surface area contributed by atoms with E-state index in [2.05, 4.69) is 15.9 Å². The monoisotopic (exact) mass is 306 g/mol. The summed E-state index contributed by atoms with van der Waals surface area (Å²) in [7, 11) is 0. The van der Waals surface area contributed by atoms with E-state index in [1.165, 1.54) is 12.4 Å². The SMILES string of the molecule is C#CC(O)Cc1cnc(-c2ccc3cc(C)ccc3c2F)cn1. The molecule has 23 heavy (non-hydrogen) atoms. The van der Waals surface area contributed by atoms with Gasteiger partial charge in [0.1, 0.15) is 11.9 Å². The van der Waals surface area contributed by atoms with Crippen LogP contribution in [0.2, 0.25) is 0 Å². The van der Waals surface area contributed by atoms with E-state index in [1.807, 2.05) is 25.1 Å². The van der Waals surface area contributed by atoms with Crippen molar-refractivity contribution in [3.8, 4) is 23.6 Å². The van der Waals surface area contributed by atoms with Crippen LogP contribution in [0.25, 0.3) is 22.0 Å².